The minimum atomic E-state index is -0.250. The minimum Gasteiger partial charge on any atom is -0.445 e. The van der Waals surface area contributed by atoms with Gasteiger partial charge in [-0.1, -0.05) is 49.7 Å². The maximum absolute atomic E-state index is 12.6. The van der Waals surface area contributed by atoms with Gasteiger partial charge in [0.1, 0.15) is 12.4 Å². The highest BCUT2D eigenvalue weighted by Gasteiger charge is 2.32. The van der Waals surface area contributed by atoms with Crippen molar-refractivity contribution in [3.63, 3.8) is 0 Å². The predicted molar refractivity (Wildman–Crippen MR) is 103 cm³/mol. The Balaban J connectivity index is 1.67. The van der Waals surface area contributed by atoms with Crippen LogP contribution in [-0.4, -0.2) is 29.1 Å². The SMILES string of the molecule is CCCCNc1ncccc1[C@@H]1CCCN1C(=O)OCc1ccccc1. The molecule has 1 aromatic carbocycles. The molecule has 26 heavy (non-hydrogen) atoms. The number of anilines is 1. The molecule has 0 spiro atoms. The zero-order valence-corrected chi connectivity index (χ0v) is 15.4. The first-order chi connectivity index (χ1) is 12.8. The average Bonchev–Trinajstić information content (AvgIpc) is 3.17. The largest absolute Gasteiger partial charge is 0.445 e. The van der Waals surface area contributed by atoms with E-state index in [1.165, 1.54) is 0 Å². The molecule has 138 valence electrons. The van der Waals surface area contributed by atoms with Crippen LogP contribution < -0.4 is 5.32 Å². The molecule has 1 atom stereocenters. The number of nitrogens with zero attached hydrogens (tertiary/aromatic N) is 2. The molecule has 1 saturated heterocycles. The summed E-state index contributed by atoms with van der Waals surface area (Å²) in [6.45, 7) is 4.09. The van der Waals surface area contributed by atoms with Gasteiger partial charge in [-0.05, 0) is 30.9 Å². The maximum atomic E-state index is 12.6. The Morgan fingerprint density at radius 1 is 1.27 bits per heavy atom. The monoisotopic (exact) mass is 353 g/mol. The number of carbonyl (C=O) groups excluding carboxylic acids is 1. The van der Waals surface area contributed by atoms with E-state index in [9.17, 15) is 4.79 Å². The second kappa shape index (κ2) is 9.22. The third-order valence-electron chi connectivity index (χ3n) is 4.71. The third kappa shape index (κ3) is 4.54. The first kappa shape index (κ1) is 18.2. The van der Waals surface area contributed by atoms with Crippen LogP contribution in [-0.2, 0) is 11.3 Å². The highest BCUT2D eigenvalue weighted by molar-refractivity contribution is 5.69. The molecule has 0 bridgehead atoms. The molecule has 5 heteroatoms. The summed E-state index contributed by atoms with van der Waals surface area (Å²) in [5.74, 6) is 0.883. The van der Waals surface area contributed by atoms with Crippen LogP contribution in [0.2, 0.25) is 0 Å². The molecular weight excluding hydrogens is 326 g/mol. The predicted octanol–water partition coefficient (Wildman–Crippen LogP) is 4.77. The molecule has 5 nitrogen and oxygen atoms in total. The van der Waals surface area contributed by atoms with Crippen molar-refractivity contribution in [1.82, 2.24) is 9.88 Å². The maximum Gasteiger partial charge on any atom is 0.410 e. The summed E-state index contributed by atoms with van der Waals surface area (Å²) in [6.07, 6.45) is 5.70. The van der Waals surface area contributed by atoms with Crippen molar-refractivity contribution < 1.29 is 9.53 Å². The van der Waals surface area contributed by atoms with Crippen LogP contribution >= 0.6 is 0 Å². The second-order valence-electron chi connectivity index (χ2n) is 6.61. The van der Waals surface area contributed by atoms with Crippen LogP contribution in [0.5, 0.6) is 0 Å². The van der Waals surface area contributed by atoms with Gasteiger partial charge in [0, 0.05) is 24.8 Å². The highest BCUT2D eigenvalue weighted by atomic mass is 16.6. The molecule has 0 unspecified atom stereocenters. The number of rotatable bonds is 7. The Morgan fingerprint density at radius 3 is 2.92 bits per heavy atom. The molecule has 3 rings (SSSR count). The van der Waals surface area contributed by atoms with Gasteiger partial charge in [-0.15, -0.1) is 0 Å². The summed E-state index contributed by atoms with van der Waals surface area (Å²) in [5, 5.41) is 3.42. The molecule has 1 amide bonds. The molecule has 2 aromatic rings. The Morgan fingerprint density at radius 2 is 2.12 bits per heavy atom. The van der Waals surface area contributed by atoms with E-state index in [2.05, 4.69) is 23.3 Å². The lowest BCUT2D eigenvalue weighted by Gasteiger charge is -2.26. The Hall–Kier alpha value is -2.56. The van der Waals surface area contributed by atoms with Gasteiger partial charge in [-0.3, -0.25) is 0 Å². The van der Waals surface area contributed by atoms with Gasteiger partial charge in [0.05, 0.1) is 6.04 Å². The van der Waals surface area contributed by atoms with Crippen molar-refractivity contribution in [1.29, 1.82) is 0 Å². The van der Waals surface area contributed by atoms with Crippen LogP contribution in [0.3, 0.4) is 0 Å². The summed E-state index contributed by atoms with van der Waals surface area (Å²) in [4.78, 5) is 19.0. The van der Waals surface area contributed by atoms with Crippen molar-refractivity contribution in [3.8, 4) is 0 Å². The van der Waals surface area contributed by atoms with E-state index in [0.717, 1.165) is 55.7 Å². The highest BCUT2D eigenvalue weighted by Crippen LogP contribution is 2.35. The van der Waals surface area contributed by atoms with Crippen LogP contribution in [0, 0.1) is 0 Å². The lowest BCUT2D eigenvalue weighted by Crippen LogP contribution is -2.31. The number of likely N-dealkylation sites (tertiary alicyclic amines) is 1. The van der Waals surface area contributed by atoms with E-state index in [-0.39, 0.29) is 12.1 Å². The normalized spacial score (nSPS) is 16.5. The van der Waals surface area contributed by atoms with Gasteiger partial charge in [0.25, 0.3) is 0 Å². The summed E-state index contributed by atoms with van der Waals surface area (Å²) < 4.78 is 5.55. The first-order valence-corrected chi connectivity index (χ1v) is 9.45. The lowest BCUT2D eigenvalue weighted by molar-refractivity contribution is 0.0921. The number of aromatic nitrogens is 1. The van der Waals surface area contributed by atoms with Crippen molar-refractivity contribution in [2.75, 3.05) is 18.4 Å². The summed E-state index contributed by atoms with van der Waals surface area (Å²) >= 11 is 0. The molecule has 1 aromatic heterocycles. The van der Waals surface area contributed by atoms with Crippen molar-refractivity contribution in [2.24, 2.45) is 0 Å². The van der Waals surface area contributed by atoms with E-state index in [1.54, 1.807) is 6.20 Å². The van der Waals surface area contributed by atoms with Crippen LogP contribution in [0.25, 0.3) is 0 Å². The van der Waals surface area contributed by atoms with Gasteiger partial charge >= 0.3 is 6.09 Å². The van der Waals surface area contributed by atoms with Crippen LogP contribution in [0.15, 0.2) is 48.7 Å². The number of benzene rings is 1. The molecule has 0 radical (unpaired) electrons. The lowest BCUT2D eigenvalue weighted by atomic mass is 10.1. The standard InChI is InChI=1S/C21H27N3O2/c1-2-3-13-22-20-18(11-7-14-23-20)19-12-8-15-24(19)21(25)26-16-17-9-5-4-6-10-17/h4-7,9-11,14,19H,2-3,8,12-13,15-16H2,1H3,(H,22,23)/t19-/m0/s1. The quantitative estimate of drug-likeness (QED) is 0.729. The van der Waals surface area contributed by atoms with Gasteiger partial charge < -0.3 is 15.0 Å². The molecule has 0 saturated carbocycles. The van der Waals surface area contributed by atoms with Crippen molar-refractivity contribution >= 4 is 11.9 Å². The fourth-order valence-electron chi connectivity index (χ4n) is 3.33. The molecular formula is C21H27N3O2. The third-order valence-corrected chi connectivity index (χ3v) is 4.71. The Labute approximate surface area is 155 Å². The van der Waals surface area contributed by atoms with Crippen LogP contribution in [0.4, 0.5) is 10.6 Å². The number of hydrogen-bond acceptors (Lipinski definition) is 4. The number of unbranched alkanes of at least 4 members (excludes halogenated alkanes) is 1. The number of hydrogen-bond donors (Lipinski definition) is 1. The first-order valence-electron chi connectivity index (χ1n) is 9.45. The number of ether oxygens (including phenoxy) is 1. The molecule has 1 fully saturated rings. The molecule has 1 aliphatic rings. The number of amides is 1. The molecule has 2 heterocycles. The van der Waals surface area contributed by atoms with E-state index < -0.39 is 0 Å². The van der Waals surface area contributed by atoms with E-state index in [0.29, 0.717) is 6.61 Å². The zero-order chi connectivity index (χ0) is 18.2. The molecule has 1 aliphatic heterocycles. The van der Waals surface area contributed by atoms with Crippen molar-refractivity contribution in [2.45, 2.75) is 45.3 Å². The fraction of sp³-hybridized carbons (Fsp3) is 0.429. The summed E-state index contributed by atoms with van der Waals surface area (Å²) in [5.41, 5.74) is 2.08. The van der Waals surface area contributed by atoms with E-state index >= 15 is 0 Å². The number of nitrogens with one attached hydrogen (secondary N) is 1. The zero-order valence-electron chi connectivity index (χ0n) is 15.4. The topological polar surface area (TPSA) is 54.5 Å². The van der Waals surface area contributed by atoms with E-state index in [4.69, 9.17) is 4.74 Å². The van der Waals surface area contributed by atoms with E-state index in [1.807, 2.05) is 41.3 Å². The average molecular weight is 353 g/mol. The summed E-state index contributed by atoms with van der Waals surface area (Å²) in [6, 6.07) is 13.8. The minimum absolute atomic E-state index is 0.0242. The molecule has 0 aliphatic carbocycles. The number of carbonyl (C=O) groups is 1. The summed E-state index contributed by atoms with van der Waals surface area (Å²) in [7, 11) is 0. The fourth-order valence-corrected chi connectivity index (χ4v) is 3.33. The van der Waals surface area contributed by atoms with Crippen molar-refractivity contribution in [3.05, 3.63) is 59.8 Å². The number of pyridine rings is 1. The van der Waals surface area contributed by atoms with Gasteiger partial charge in [-0.2, -0.15) is 0 Å². The second-order valence-corrected chi connectivity index (χ2v) is 6.61. The Bertz CT molecular complexity index is 705. The smallest absolute Gasteiger partial charge is 0.410 e. The van der Waals surface area contributed by atoms with Gasteiger partial charge in [-0.25, -0.2) is 9.78 Å². The van der Waals surface area contributed by atoms with Gasteiger partial charge in [0.15, 0.2) is 0 Å². The van der Waals surface area contributed by atoms with Crippen LogP contribution in [0.1, 0.15) is 49.8 Å². The Kier molecular flexibility index (Phi) is 6.47. The molecule has 1 N–H and O–H groups in total. The van der Waals surface area contributed by atoms with Gasteiger partial charge in [0.2, 0.25) is 0 Å².